The van der Waals surface area contributed by atoms with Crippen molar-refractivity contribution in [3.05, 3.63) is 93.5 Å². The summed E-state index contributed by atoms with van der Waals surface area (Å²) in [6, 6.07) is 21.6. The number of ether oxygens (including phenoxy) is 1. The average molecular weight is 496 g/mol. The van der Waals surface area contributed by atoms with Gasteiger partial charge in [0.25, 0.3) is 0 Å². The number of nitrogens with one attached hydrogen (secondary N) is 1. The first-order valence-electron chi connectivity index (χ1n) is 11.6. The summed E-state index contributed by atoms with van der Waals surface area (Å²) in [4.78, 5) is 12.6. The zero-order valence-electron chi connectivity index (χ0n) is 19.0. The third-order valence-corrected chi connectivity index (χ3v) is 8.42. The summed E-state index contributed by atoms with van der Waals surface area (Å²) in [5.74, 6) is 0.110. The van der Waals surface area contributed by atoms with E-state index in [0.717, 1.165) is 41.3 Å². The Hall–Kier alpha value is -2.69. The summed E-state index contributed by atoms with van der Waals surface area (Å²) < 4.78 is 5.51. The number of aliphatic carboxylic acids is 1. The second-order valence-corrected chi connectivity index (χ2v) is 10.3. The second kappa shape index (κ2) is 8.83. The lowest BCUT2D eigenvalue weighted by atomic mass is 9.59. The predicted octanol–water partition coefficient (Wildman–Crippen LogP) is 7.09. The number of hydrogen-bond acceptors (Lipinski definition) is 3. The van der Waals surface area contributed by atoms with E-state index in [0.29, 0.717) is 17.9 Å². The number of carbonyl (C=O) groups is 1. The van der Waals surface area contributed by atoms with Crippen molar-refractivity contribution in [3.63, 3.8) is 0 Å². The molecule has 176 valence electrons. The molecule has 1 saturated carbocycles. The van der Waals surface area contributed by atoms with Gasteiger partial charge in [0.1, 0.15) is 11.3 Å². The maximum Gasteiger partial charge on any atom is 0.329 e. The molecule has 0 heterocycles. The molecule has 0 radical (unpaired) electrons. The van der Waals surface area contributed by atoms with E-state index in [1.807, 2.05) is 30.3 Å². The van der Waals surface area contributed by atoms with Crippen LogP contribution in [-0.2, 0) is 16.6 Å². The Labute approximate surface area is 209 Å². The summed E-state index contributed by atoms with van der Waals surface area (Å²) >= 11 is 12.9. The normalized spacial score (nSPS) is 25.7. The smallest absolute Gasteiger partial charge is 0.329 e. The molecule has 34 heavy (non-hydrogen) atoms. The average Bonchev–Trinajstić information content (AvgIpc) is 3.15. The molecule has 0 aliphatic heterocycles. The van der Waals surface area contributed by atoms with Gasteiger partial charge in [-0.3, -0.25) is 0 Å². The molecule has 0 bridgehead atoms. The molecular weight excluding hydrogens is 469 g/mol. The molecule has 2 N–H and O–H groups in total. The van der Waals surface area contributed by atoms with Gasteiger partial charge in [0.15, 0.2) is 0 Å². The highest BCUT2D eigenvalue weighted by atomic mass is 35.5. The molecule has 0 aromatic heterocycles. The number of carboxylic acid groups (broad SMARTS) is 1. The zero-order chi connectivity index (χ0) is 23.9. The fourth-order valence-electron chi connectivity index (χ4n) is 6.09. The van der Waals surface area contributed by atoms with E-state index >= 15 is 0 Å². The lowest BCUT2D eigenvalue weighted by Gasteiger charge is -2.47. The van der Waals surface area contributed by atoms with E-state index in [1.54, 1.807) is 19.2 Å². The van der Waals surface area contributed by atoms with Crippen LogP contribution in [0.25, 0.3) is 0 Å². The van der Waals surface area contributed by atoms with Gasteiger partial charge in [-0.05, 0) is 91.1 Å². The van der Waals surface area contributed by atoms with Crippen molar-refractivity contribution in [2.24, 2.45) is 0 Å². The van der Waals surface area contributed by atoms with Crippen molar-refractivity contribution < 1.29 is 14.6 Å². The number of methoxy groups -OCH3 is 1. The van der Waals surface area contributed by atoms with Crippen LogP contribution in [0, 0.1) is 0 Å². The molecule has 2 aliphatic carbocycles. The summed E-state index contributed by atoms with van der Waals surface area (Å²) in [6.07, 6.45) is 3.36. The second-order valence-electron chi connectivity index (χ2n) is 9.48. The van der Waals surface area contributed by atoms with E-state index in [4.69, 9.17) is 27.9 Å². The molecular formula is C28H27Cl2NO3. The van der Waals surface area contributed by atoms with Crippen LogP contribution in [-0.4, -0.2) is 23.7 Å². The van der Waals surface area contributed by atoms with Gasteiger partial charge in [-0.2, -0.15) is 0 Å². The SMILES string of the molecule is COc1ccc(Cl)c(C2Cc3ccccc3C23CCC(Nc2cccc(Cl)c2)(C(=O)O)CC3)c1. The van der Waals surface area contributed by atoms with Gasteiger partial charge in [0, 0.05) is 21.1 Å². The summed E-state index contributed by atoms with van der Waals surface area (Å²) in [5, 5.41) is 14.9. The van der Waals surface area contributed by atoms with Crippen LogP contribution in [0.2, 0.25) is 10.0 Å². The number of halogens is 2. The first kappa shape index (κ1) is 23.1. The molecule has 1 spiro atoms. The number of fused-ring (bicyclic) bond motifs is 2. The molecule has 5 rings (SSSR count). The predicted molar refractivity (Wildman–Crippen MR) is 136 cm³/mol. The number of carboxylic acids is 1. The molecule has 4 nitrogen and oxygen atoms in total. The number of anilines is 1. The first-order chi connectivity index (χ1) is 16.4. The Balaban J connectivity index is 1.53. The largest absolute Gasteiger partial charge is 0.497 e. The monoisotopic (exact) mass is 495 g/mol. The topological polar surface area (TPSA) is 58.6 Å². The molecule has 0 saturated heterocycles. The molecule has 3 aromatic carbocycles. The maximum atomic E-state index is 12.6. The minimum atomic E-state index is -1.05. The Morgan fingerprint density at radius 3 is 2.47 bits per heavy atom. The standard InChI is InChI=1S/C28H27Cl2NO3/c1-34-21-9-10-25(30)22(17-21)24-15-18-5-2-3-8-23(18)27(24)11-13-28(14-12-27,26(32)33)31-20-7-4-6-19(29)16-20/h2-10,16-17,24,31H,11-15H2,1H3,(H,32,33). The minimum Gasteiger partial charge on any atom is -0.497 e. The van der Waals surface area contributed by atoms with Crippen LogP contribution in [0.4, 0.5) is 5.69 Å². The zero-order valence-corrected chi connectivity index (χ0v) is 20.5. The molecule has 3 aromatic rings. The van der Waals surface area contributed by atoms with Gasteiger partial charge in [0.2, 0.25) is 0 Å². The van der Waals surface area contributed by atoms with E-state index in [9.17, 15) is 9.90 Å². The Morgan fingerprint density at radius 1 is 1.00 bits per heavy atom. The van der Waals surface area contributed by atoms with Crippen molar-refractivity contribution in [1.29, 1.82) is 0 Å². The highest BCUT2D eigenvalue weighted by Crippen LogP contribution is 2.59. The summed E-state index contributed by atoms with van der Waals surface area (Å²) in [7, 11) is 1.66. The number of benzene rings is 3. The van der Waals surface area contributed by atoms with Gasteiger partial charge in [-0.25, -0.2) is 4.79 Å². The van der Waals surface area contributed by atoms with Crippen LogP contribution in [0.15, 0.2) is 66.7 Å². The van der Waals surface area contributed by atoms with E-state index in [2.05, 4.69) is 29.6 Å². The molecule has 0 amide bonds. The van der Waals surface area contributed by atoms with Gasteiger partial charge in [0.05, 0.1) is 7.11 Å². The highest BCUT2D eigenvalue weighted by Gasteiger charge is 2.54. The van der Waals surface area contributed by atoms with Crippen molar-refractivity contribution in [1.82, 2.24) is 0 Å². The van der Waals surface area contributed by atoms with Crippen molar-refractivity contribution in [2.45, 2.75) is 49.0 Å². The lowest BCUT2D eigenvalue weighted by Crippen LogP contribution is -2.52. The van der Waals surface area contributed by atoms with Crippen LogP contribution < -0.4 is 10.1 Å². The Morgan fingerprint density at radius 2 is 1.76 bits per heavy atom. The maximum absolute atomic E-state index is 12.6. The fraction of sp³-hybridized carbons (Fsp3) is 0.321. The Kier molecular flexibility index (Phi) is 5.99. The van der Waals surface area contributed by atoms with Crippen molar-refractivity contribution >= 4 is 34.9 Å². The van der Waals surface area contributed by atoms with Gasteiger partial charge < -0.3 is 15.2 Å². The molecule has 1 unspecified atom stereocenters. The Bertz CT molecular complexity index is 1230. The number of rotatable bonds is 5. The summed E-state index contributed by atoms with van der Waals surface area (Å²) in [5.41, 5.74) is 3.21. The fourth-order valence-corrected chi connectivity index (χ4v) is 6.53. The van der Waals surface area contributed by atoms with Gasteiger partial charge in [-0.15, -0.1) is 0 Å². The first-order valence-corrected chi connectivity index (χ1v) is 12.3. The third-order valence-electron chi connectivity index (χ3n) is 7.84. The van der Waals surface area contributed by atoms with Crippen LogP contribution in [0.3, 0.4) is 0 Å². The van der Waals surface area contributed by atoms with E-state index < -0.39 is 11.5 Å². The van der Waals surface area contributed by atoms with E-state index in [-0.39, 0.29) is 11.3 Å². The quantitative estimate of drug-likeness (QED) is 0.396. The molecule has 1 fully saturated rings. The number of hydrogen-bond donors (Lipinski definition) is 2. The van der Waals surface area contributed by atoms with Crippen LogP contribution in [0.1, 0.15) is 48.3 Å². The lowest BCUT2D eigenvalue weighted by molar-refractivity contribution is -0.144. The third kappa shape index (κ3) is 3.83. The van der Waals surface area contributed by atoms with Crippen LogP contribution in [0.5, 0.6) is 5.75 Å². The highest BCUT2D eigenvalue weighted by molar-refractivity contribution is 6.31. The van der Waals surface area contributed by atoms with Crippen molar-refractivity contribution in [2.75, 3.05) is 12.4 Å². The van der Waals surface area contributed by atoms with Gasteiger partial charge >= 0.3 is 5.97 Å². The minimum absolute atomic E-state index is 0.158. The summed E-state index contributed by atoms with van der Waals surface area (Å²) in [6.45, 7) is 0. The molecule has 1 atom stereocenters. The molecule has 6 heteroatoms. The van der Waals surface area contributed by atoms with Crippen molar-refractivity contribution in [3.8, 4) is 5.75 Å². The van der Waals surface area contributed by atoms with E-state index in [1.165, 1.54) is 11.1 Å². The van der Waals surface area contributed by atoms with Gasteiger partial charge in [-0.1, -0.05) is 53.5 Å². The molecule has 2 aliphatic rings. The van der Waals surface area contributed by atoms with Crippen LogP contribution >= 0.6 is 23.2 Å².